The standard InChI is InChI=1S/C66H62N2.2Ir/c1-43-44(2)64(60-24-14-12-22-58(60)56-34-36-62(68-42-56)54-20-16-18-52(38-54)50-31-27-48(28-32-50)40-66(8,9)10)46(4)45(3)63(43)59-23-13-11-21-57(59)55-33-35-61(67-41-55)53-19-15-17-51(37-53)49-29-25-47(26-30-49)39-65(5,6)7;;/h11-18,21-38,41-42H,39-40H2,1-10H3;;/q-2;;. The van der Waals surface area contributed by atoms with Crippen molar-refractivity contribution in [1.29, 1.82) is 0 Å². The number of aromatic nitrogens is 2. The minimum atomic E-state index is 0. The zero-order valence-electron chi connectivity index (χ0n) is 42.1. The monoisotopic (exact) mass is 1270 g/mol. The smallest absolute Gasteiger partial charge is 0.0239 e. The third-order valence-electron chi connectivity index (χ3n) is 13.4. The molecule has 0 unspecified atom stereocenters. The van der Waals surface area contributed by atoms with Crippen LogP contribution in [0.4, 0.5) is 0 Å². The summed E-state index contributed by atoms with van der Waals surface area (Å²) >= 11 is 0. The van der Waals surface area contributed by atoms with Gasteiger partial charge in [0.15, 0.2) is 0 Å². The van der Waals surface area contributed by atoms with Crippen LogP contribution >= 0.6 is 0 Å². The van der Waals surface area contributed by atoms with E-state index < -0.39 is 0 Å². The van der Waals surface area contributed by atoms with Crippen molar-refractivity contribution in [2.75, 3.05) is 0 Å². The molecular formula is C66H62Ir2N2-2. The van der Waals surface area contributed by atoms with Crippen molar-refractivity contribution in [2.45, 2.75) is 82.1 Å². The molecule has 0 fully saturated rings. The maximum absolute atomic E-state index is 5.03. The van der Waals surface area contributed by atoms with Crippen LogP contribution in [-0.4, -0.2) is 9.97 Å². The van der Waals surface area contributed by atoms with Crippen LogP contribution in [-0.2, 0) is 53.1 Å². The SMILES string of the molecule is Cc1c(C)c(-c2ccccc2-c2ccc(-c3[c-]ccc(-c4ccc(CC(C)(C)C)cc4)c3)nc2)c(C)c(C)c1-c1ccccc1-c1ccc(-c2[c-]ccc(-c3ccc(CC(C)(C)C)cc3)c2)nc1.[Ir].[Ir]. The summed E-state index contributed by atoms with van der Waals surface area (Å²) in [5.74, 6) is 0. The van der Waals surface area contributed by atoms with Crippen molar-refractivity contribution in [2.24, 2.45) is 10.8 Å². The fourth-order valence-electron chi connectivity index (χ4n) is 9.89. The first-order valence-electron chi connectivity index (χ1n) is 24.1. The zero-order chi connectivity index (χ0) is 47.7. The van der Waals surface area contributed by atoms with E-state index in [4.69, 9.17) is 9.97 Å². The topological polar surface area (TPSA) is 25.8 Å². The Hall–Kier alpha value is -5.86. The molecule has 4 heteroatoms. The van der Waals surface area contributed by atoms with E-state index in [2.05, 4.69) is 227 Å². The van der Waals surface area contributed by atoms with Gasteiger partial charge in [0.1, 0.15) is 0 Å². The van der Waals surface area contributed by atoms with Crippen molar-refractivity contribution < 1.29 is 40.2 Å². The van der Waals surface area contributed by atoms with Gasteiger partial charge in [-0.1, -0.05) is 163 Å². The fourth-order valence-corrected chi connectivity index (χ4v) is 9.89. The summed E-state index contributed by atoms with van der Waals surface area (Å²) in [6, 6.07) is 63.8. The normalized spacial score (nSPS) is 11.5. The molecule has 0 spiro atoms. The fraction of sp³-hybridized carbons (Fsp3) is 0.212. The van der Waals surface area contributed by atoms with Crippen LogP contribution in [0.15, 0.2) is 170 Å². The van der Waals surface area contributed by atoms with Crippen molar-refractivity contribution in [1.82, 2.24) is 9.97 Å². The van der Waals surface area contributed by atoms with E-state index >= 15 is 0 Å². The first-order chi connectivity index (χ1) is 32.6. The quantitative estimate of drug-likeness (QED) is 0.128. The third-order valence-corrected chi connectivity index (χ3v) is 13.4. The zero-order valence-corrected chi connectivity index (χ0v) is 46.9. The van der Waals surface area contributed by atoms with Gasteiger partial charge in [-0.3, -0.25) is 0 Å². The molecule has 0 atom stereocenters. The Morgan fingerprint density at radius 1 is 0.371 bits per heavy atom. The van der Waals surface area contributed by atoms with E-state index in [1.807, 2.05) is 24.5 Å². The molecule has 0 amide bonds. The van der Waals surface area contributed by atoms with Crippen LogP contribution in [0.25, 0.3) is 89.3 Å². The second-order valence-electron chi connectivity index (χ2n) is 21.1. The molecule has 0 aliphatic rings. The van der Waals surface area contributed by atoms with Crippen LogP contribution in [0.1, 0.15) is 74.9 Å². The minimum Gasteiger partial charge on any atom is -0.304 e. The summed E-state index contributed by atoms with van der Waals surface area (Å²) in [5, 5.41) is 0. The molecule has 2 radical (unpaired) electrons. The Kier molecular flexibility index (Phi) is 16.1. The number of rotatable bonds is 10. The molecule has 9 aromatic rings. The molecule has 2 heterocycles. The van der Waals surface area contributed by atoms with Gasteiger partial charge in [-0.25, -0.2) is 0 Å². The van der Waals surface area contributed by atoms with E-state index in [1.54, 1.807) is 0 Å². The second kappa shape index (κ2) is 21.6. The van der Waals surface area contributed by atoms with Crippen LogP contribution in [0.5, 0.6) is 0 Å². The first-order valence-corrected chi connectivity index (χ1v) is 24.1. The van der Waals surface area contributed by atoms with E-state index in [0.29, 0.717) is 0 Å². The Labute approximate surface area is 444 Å². The van der Waals surface area contributed by atoms with Gasteiger partial charge in [-0.05, 0) is 152 Å². The third kappa shape index (κ3) is 11.5. The Bertz CT molecular complexity index is 2990. The van der Waals surface area contributed by atoms with Crippen LogP contribution < -0.4 is 0 Å². The molecule has 9 rings (SSSR count). The van der Waals surface area contributed by atoms with Crippen molar-refractivity contribution in [3.8, 4) is 89.3 Å². The van der Waals surface area contributed by atoms with E-state index in [9.17, 15) is 0 Å². The largest absolute Gasteiger partial charge is 0.304 e. The van der Waals surface area contributed by atoms with Crippen LogP contribution in [0, 0.1) is 50.7 Å². The molecule has 0 N–H and O–H groups in total. The Morgan fingerprint density at radius 3 is 1.01 bits per heavy atom. The van der Waals surface area contributed by atoms with Gasteiger partial charge < -0.3 is 9.97 Å². The van der Waals surface area contributed by atoms with Gasteiger partial charge in [0.2, 0.25) is 0 Å². The average molecular weight is 1270 g/mol. The van der Waals surface area contributed by atoms with Gasteiger partial charge in [0, 0.05) is 52.6 Å². The number of benzene rings is 7. The summed E-state index contributed by atoms with van der Waals surface area (Å²) < 4.78 is 0. The van der Waals surface area contributed by atoms with Gasteiger partial charge in [-0.15, -0.1) is 70.8 Å². The molecule has 2 aromatic heterocycles. The summed E-state index contributed by atoms with van der Waals surface area (Å²) in [5.41, 5.74) is 26.4. The second-order valence-corrected chi connectivity index (χ2v) is 21.1. The molecule has 70 heavy (non-hydrogen) atoms. The molecule has 0 aliphatic heterocycles. The molecule has 7 aromatic carbocycles. The predicted octanol–water partition coefficient (Wildman–Crippen LogP) is 17.8. The number of pyridine rings is 2. The van der Waals surface area contributed by atoms with Gasteiger partial charge >= 0.3 is 0 Å². The summed E-state index contributed by atoms with van der Waals surface area (Å²) in [6.07, 6.45) is 6.15. The molecule has 2 nitrogen and oxygen atoms in total. The molecule has 0 saturated heterocycles. The molecule has 356 valence electrons. The maximum atomic E-state index is 5.03. The Morgan fingerprint density at radius 2 is 0.700 bits per heavy atom. The van der Waals surface area contributed by atoms with Crippen molar-refractivity contribution >= 4 is 0 Å². The molecule has 0 bridgehead atoms. The van der Waals surface area contributed by atoms with Crippen molar-refractivity contribution in [3.05, 3.63) is 216 Å². The van der Waals surface area contributed by atoms with Gasteiger partial charge in [0.05, 0.1) is 0 Å². The van der Waals surface area contributed by atoms with E-state index in [-0.39, 0.29) is 51.0 Å². The van der Waals surface area contributed by atoms with Crippen LogP contribution in [0.3, 0.4) is 0 Å². The van der Waals surface area contributed by atoms with Gasteiger partial charge in [-0.2, -0.15) is 0 Å². The first kappa shape index (κ1) is 52.0. The minimum absolute atomic E-state index is 0. The molecular weight excluding hydrogens is 1210 g/mol. The summed E-state index contributed by atoms with van der Waals surface area (Å²) in [6.45, 7) is 22.8. The van der Waals surface area contributed by atoms with Crippen molar-refractivity contribution in [3.63, 3.8) is 0 Å². The maximum Gasteiger partial charge on any atom is 0.0239 e. The van der Waals surface area contributed by atoms with E-state index in [1.165, 1.54) is 89.0 Å². The predicted molar refractivity (Wildman–Crippen MR) is 288 cm³/mol. The average Bonchev–Trinajstić information content (AvgIpc) is 3.33. The number of nitrogens with zero attached hydrogens (tertiary/aromatic N) is 2. The number of hydrogen-bond acceptors (Lipinski definition) is 2. The van der Waals surface area contributed by atoms with Gasteiger partial charge in [0.25, 0.3) is 0 Å². The van der Waals surface area contributed by atoms with Crippen LogP contribution in [0.2, 0.25) is 0 Å². The van der Waals surface area contributed by atoms with E-state index in [0.717, 1.165) is 46.5 Å². The summed E-state index contributed by atoms with van der Waals surface area (Å²) in [7, 11) is 0. The number of hydrogen-bond donors (Lipinski definition) is 0. The summed E-state index contributed by atoms with van der Waals surface area (Å²) in [4.78, 5) is 10.1. The Balaban J connectivity index is 0.00000361. The molecule has 0 aliphatic carbocycles. The molecule has 0 saturated carbocycles.